The largest absolute Gasteiger partial charge is 0.481 e. The minimum atomic E-state index is -0.657. The van der Waals surface area contributed by atoms with Crippen LogP contribution < -0.4 is 0 Å². The molecule has 0 saturated carbocycles. The van der Waals surface area contributed by atoms with Gasteiger partial charge in [0.05, 0.1) is 13.2 Å². The third-order valence-electron chi connectivity index (χ3n) is 6.65. The quantitative estimate of drug-likeness (QED) is 0.0994. The molecule has 0 saturated heterocycles. The summed E-state index contributed by atoms with van der Waals surface area (Å²) in [5, 5.41) is 26.3. The predicted molar refractivity (Wildman–Crippen MR) is 151 cm³/mol. The smallest absolute Gasteiger partial charge is 0.303 e. The first-order valence-corrected chi connectivity index (χ1v) is 15.3. The van der Waals surface area contributed by atoms with E-state index in [4.69, 9.17) is 15.3 Å². The summed E-state index contributed by atoms with van der Waals surface area (Å²) in [6.07, 6.45) is 27.9. The summed E-state index contributed by atoms with van der Waals surface area (Å²) in [6.45, 7) is 7.29. The van der Waals surface area contributed by atoms with Crippen molar-refractivity contribution in [3.8, 4) is 0 Å². The summed E-state index contributed by atoms with van der Waals surface area (Å²) in [5.74, 6) is -0.657. The second kappa shape index (κ2) is 33.4. The number of aliphatic hydroxyl groups excluding tert-OH is 2. The van der Waals surface area contributed by atoms with Gasteiger partial charge in [0.2, 0.25) is 0 Å². The number of hydrogen-bond acceptors (Lipinski definition) is 4. The summed E-state index contributed by atoms with van der Waals surface area (Å²) >= 11 is 0. The van der Waals surface area contributed by atoms with Gasteiger partial charge in [-0.2, -0.15) is 0 Å². The summed E-state index contributed by atoms with van der Waals surface area (Å²) in [6, 6.07) is 0. The fraction of sp³-hybridized carbons (Fsp3) is 0.967. The number of aliphatic hydroxyl groups is 2. The van der Waals surface area contributed by atoms with Crippen molar-refractivity contribution in [3.63, 3.8) is 0 Å². The molecule has 0 aliphatic heterocycles. The first kappa shape index (κ1) is 36.5. The maximum absolute atomic E-state index is 10.3. The lowest BCUT2D eigenvalue weighted by Crippen LogP contribution is -2.30. The van der Waals surface area contributed by atoms with E-state index in [1.54, 1.807) is 0 Å². The van der Waals surface area contributed by atoms with Gasteiger partial charge in [0.15, 0.2) is 0 Å². The molecule has 0 aromatic carbocycles. The van der Waals surface area contributed by atoms with Crippen LogP contribution in [0, 0.1) is 0 Å². The predicted octanol–water partition coefficient (Wildman–Crippen LogP) is 7.97. The molecular weight excluding hydrogens is 438 g/mol. The van der Waals surface area contributed by atoms with E-state index in [-0.39, 0.29) is 13.2 Å². The Morgan fingerprint density at radius 3 is 1.11 bits per heavy atom. The van der Waals surface area contributed by atoms with E-state index in [0.717, 1.165) is 19.4 Å². The molecule has 0 amide bonds. The van der Waals surface area contributed by atoms with Gasteiger partial charge >= 0.3 is 5.97 Å². The highest BCUT2D eigenvalue weighted by atomic mass is 16.4. The van der Waals surface area contributed by atoms with Crippen molar-refractivity contribution in [3.05, 3.63) is 0 Å². The standard InChI is InChI=1S/C16H35NO2.C14H28O2/c1-2-3-4-5-6-7-8-9-10-11-12-17(13-15-18)14-16-19;1-2-3-4-5-6-7-8-9-10-11-12-13-14(15)16/h18-19H,2-16H2,1H3;2-13H2,1H3,(H,15,16). The molecule has 3 N–H and O–H groups in total. The van der Waals surface area contributed by atoms with Crippen LogP contribution in [-0.2, 0) is 4.79 Å². The van der Waals surface area contributed by atoms with Crippen LogP contribution in [0.25, 0.3) is 0 Å². The lowest BCUT2D eigenvalue weighted by molar-refractivity contribution is -0.137. The molecule has 0 aliphatic carbocycles. The lowest BCUT2D eigenvalue weighted by Gasteiger charge is -2.19. The number of carboxylic acids is 1. The number of carbonyl (C=O) groups is 1. The molecule has 5 heteroatoms. The van der Waals surface area contributed by atoms with E-state index in [1.165, 1.54) is 122 Å². The first-order chi connectivity index (χ1) is 17.1. The van der Waals surface area contributed by atoms with Crippen LogP contribution in [0.1, 0.15) is 155 Å². The Morgan fingerprint density at radius 1 is 0.486 bits per heavy atom. The summed E-state index contributed by atoms with van der Waals surface area (Å²) in [7, 11) is 0. The molecule has 0 aromatic rings. The normalized spacial score (nSPS) is 11.0. The van der Waals surface area contributed by atoms with Crippen molar-refractivity contribution in [2.75, 3.05) is 32.8 Å². The van der Waals surface area contributed by atoms with Crippen LogP contribution in [0.5, 0.6) is 0 Å². The number of aliphatic carboxylic acids is 1. The van der Waals surface area contributed by atoms with E-state index in [2.05, 4.69) is 18.7 Å². The highest BCUT2D eigenvalue weighted by Crippen LogP contribution is 2.12. The number of hydrogen-bond donors (Lipinski definition) is 3. The molecule has 0 spiro atoms. The summed E-state index contributed by atoms with van der Waals surface area (Å²) in [5.41, 5.74) is 0. The Hall–Kier alpha value is -0.650. The van der Waals surface area contributed by atoms with E-state index in [0.29, 0.717) is 19.5 Å². The highest BCUT2D eigenvalue weighted by Gasteiger charge is 2.02. The molecule has 0 rings (SSSR count). The maximum atomic E-state index is 10.3. The van der Waals surface area contributed by atoms with Gasteiger partial charge in [0.1, 0.15) is 0 Å². The Balaban J connectivity index is 0. The average molecular weight is 502 g/mol. The van der Waals surface area contributed by atoms with Gasteiger partial charge in [-0.25, -0.2) is 0 Å². The Kier molecular flexibility index (Phi) is 34.8. The Labute approximate surface area is 219 Å². The van der Waals surface area contributed by atoms with Gasteiger partial charge in [-0.3, -0.25) is 9.69 Å². The number of nitrogens with zero attached hydrogens (tertiary/aromatic N) is 1. The molecular formula is C30H63NO4. The molecule has 0 radical (unpaired) electrons. The molecule has 5 nitrogen and oxygen atoms in total. The van der Waals surface area contributed by atoms with Gasteiger partial charge in [0, 0.05) is 19.5 Å². The van der Waals surface area contributed by atoms with Gasteiger partial charge < -0.3 is 15.3 Å². The molecule has 0 fully saturated rings. The third-order valence-corrected chi connectivity index (χ3v) is 6.65. The first-order valence-electron chi connectivity index (χ1n) is 15.3. The van der Waals surface area contributed by atoms with Crippen molar-refractivity contribution in [2.24, 2.45) is 0 Å². The van der Waals surface area contributed by atoms with E-state index in [9.17, 15) is 4.79 Å². The minimum Gasteiger partial charge on any atom is -0.481 e. The molecule has 212 valence electrons. The second-order valence-electron chi connectivity index (χ2n) is 10.2. The topological polar surface area (TPSA) is 81.0 Å². The van der Waals surface area contributed by atoms with Crippen LogP contribution in [0.15, 0.2) is 0 Å². The van der Waals surface area contributed by atoms with Crippen molar-refractivity contribution in [1.29, 1.82) is 0 Å². The lowest BCUT2D eigenvalue weighted by atomic mass is 10.1. The summed E-state index contributed by atoms with van der Waals surface area (Å²) in [4.78, 5) is 12.4. The fourth-order valence-electron chi connectivity index (χ4n) is 4.38. The maximum Gasteiger partial charge on any atom is 0.303 e. The Bertz CT molecular complexity index is 387. The highest BCUT2D eigenvalue weighted by molar-refractivity contribution is 5.66. The second-order valence-corrected chi connectivity index (χ2v) is 10.2. The van der Waals surface area contributed by atoms with Crippen LogP contribution in [0.4, 0.5) is 0 Å². The van der Waals surface area contributed by atoms with Gasteiger partial charge in [-0.1, -0.05) is 136 Å². The number of rotatable bonds is 27. The van der Waals surface area contributed by atoms with Gasteiger partial charge in [-0.15, -0.1) is 0 Å². The Morgan fingerprint density at radius 2 is 0.800 bits per heavy atom. The van der Waals surface area contributed by atoms with Crippen molar-refractivity contribution in [2.45, 2.75) is 155 Å². The number of carboxylic acid groups (broad SMARTS) is 1. The minimum absolute atomic E-state index is 0.192. The van der Waals surface area contributed by atoms with Crippen LogP contribution in [0.3, 0.4) is 0 Å². The third kappa shape index (κ3) is 35.6. The van der Waals surface area contributed by atoms with Gasteiger partial charge in [-0.05, 0) is 19.4 Å². The summed E-state index contributed by atoms with van der Waals surface area (Å²) < 4.78 is 0. The van der Waals surface area contributed by atoms with Crippen molar-refractivity contribution in [1.82, 2.24) is 4.90 Å². The zero-order valence-electron chi connectivity index (χ0n) is 23.8. The zero-order chi connectivity index (χ0) is 26.2. The van der Waals surface area contributed by atoms with E-state index < -0.39 is 5.97 Å². The van der Waals surface area contributed by atoms with Crippen LogP contribution in [0.2, 0.25) is 0 Å². The van der Waals surface area contributed by atoms with Crippen LogP contribution >= 0.6 is 0 Å². The SMILES string of the molecule is CCCCCCCCCCCCCC(=O)O.CCCCCCCCCCCCN(CCO)CCO. The zero-order valence-corrected chi connectivity index (χ0v) is 23.8. The molecule has 0 aliphatic rings. The van der Waals surface area contributed by atoms with Crippen LogP contribution in [-0.4, -0.2) is 59.0 Å². The fourth-order valence-corrected chi connectivity index (χ4v) is 4.38. The van der Waals surface area contributed by atoms with E-state index in [1.807, 2.05) is 0 Å². The molecule has 0 bridgehead atoms. The molecule has 0 unspecified atom stereocenters. The monoisotopic (exact) mass is 501 g/mol. The van der Waals surface area contributed by atoms with Gasteiger partial charge in [0.25, 0.3) is 0 Å². The van der Waals surface area contributed by atoms with Crippen molar-refractivity contribution < 1.29 is 20.1 Å². The average Bonchev–Trinajstić information content (AvgIpc) is 2.84. The molecule has 0 heterocycles. The molecule has 35 heavy (non-hydrogen) atoms. The van der Waals surface area contributed by atoms with Crippen molar-refractivity contribution >= 4 is 5.97 Å². The molecule has 0 atom stereocenters. The number of unbranched alkanes of at least 4 members (excludes halogenated alkanes) is 19. The van der Waals surface area contributed by atoms with E-state index >= 15 is 0 Å². The molecule has 0 aromatic heterocycles.